The average molecular weight is 143 g/mol. The van der Waals surface area contributed by atoms with E-state index in [1.54, 1.807) is 6.07 Å². The fourth-order valence-corrected chi connectivity index (χ4v) is 0.656. The minimum absolute atomic E-state index is 0.0694. The number of hydrogen-bond acceptors (Lipinski definition) is 3. The highest BCUT2D eigenvalue weighted by atomic mass is 35.5. The van der Waals surface area contributed by atoms with Crippen molar-refractivity contribution >= 4 is 17.3 Å². The van der Waals surface area contributed by atoms with Gasteiger partial charge in [-0.2, -0.15) is 5.26 Å². The van der Waals surface area contributed by atoms with E-state index < -0.39 is 0 Å². The van der Waals surface area contributed by atoms with Crippen molar-refractivity contribution in [2.45, 2.75) is 0 Å². The minimum Gasteiger partial charge on any atom is -0.432 e. The lowest BCUT2D eigenvalue weighted by Crippen LogP contribution is -1.81. The van der Waals surface area contributed by atoms with Crippen LogP contribution in [-0.4, -0.2) is 0 Å². The minimum atomic E-state index is 0.0694. The van der Waals surface area contributed by atoms with Crippen LogP contribution >= 0.6 is 11.6 Å². The van der Waals surface area contributed by atoms with E-state index in [0.29, 0.717) is 0 Å². The highest BCUT2D eigenvalue weighted by Crippen LogP contribution is 2.20. The van der Waals surface area contributed by atoms with Crippen molar-refractivity contribution in [1.29, 1.82) is 5.26 Å². The molecule has 1 rings (SSSR count). The van der Waals surface area contributed by atoms with Gasteiger partial charge in [0.25, 0.3) is 0 Å². The Labute approximate surface area is 56.6 Å². The van der Waals surface area contributed by atoms with E-state index in [4.69, 9.17) is 22.6 Å². The van der Waals surface area contributed by atoms with Crippen LogP contribution in [0.15, 0.2) is 10.5 Å². The van der Waals surface area contributed by atoms with Gasteiger partial charge in [0.05, 0.1) is 5.69 Å². The molecule has 0 fully saturated rings. The Morgan fingerprint density at radius 3 is 2.67 bits per heavy atom. The molecule has 0 saturated heterocycles. The van der Waals surface area contributed by atoms with Crippen molar-refractivity contribution in [3.8, 4) is 6.07 Å². The van der Waals surface area contributed by atoms with Gasteiger partial charge in [0.1, 0.15) is 6.07 Å². The SMILES string of the molecule is N#Cc1oc(Cl)cc1N. The molecule has 0 aliphatic rings. The number of nitrogens with zero attached hydrogens (tertiary/aromatic N) is 1. The molecule has 46 valence electrons. The van der Waals surface area contributed by atoms with E-state index in [1.165, 1.54) is 6.07 Å². The number of rotatable bonds is 0. The van der Waals surface area contributed by atoms with Gasteiger partial charge in [-0.25, -0.2) is 0 Å². The second-order valence-corrected chi connectivity index (χ2v) is 1.82. The first-order valence-corrected chi connectivity index (χ1v) is 2.56. The molecular weight excluding hydrogens is 140 g/mol. The van der Waals surface area contributed by atoms with Crippen molar-refractivity contribution in [3.05, 3.63) is 17.0 Å². The molecule has 2 N–H and O–H groups in total. The third-order valence-electron chi connectivity index (χ3n) is 0.832. The third kappa shape index (κ3) is 0.980. The van der Waals surface area contributed by atoms with Crippen molar-refractivity contribution < 1.29 is 4.42 Å². The summed E-state index contributed by atoms with van der Waals surface area (Å²) in [5, 5.41) is 8.39. The molecule has 9 heavy (non-hydrogen) atoms. The quantitative estimate of drug-likeness (QED) is 0.595. The summed E-state index contributed by atoms with van der Waals surface area (Å²) in [7, 11) is 0. The Morgan fingerprint density at radius 2 is 2.44 bits per heavy atom. The number of anilines is 1. The highest BCUT2D eigenvalue weighted by Gasteiger charge is 2.03. The largest absolute Gasteiger partial charge is 0.432 e. The Bertz CT molecular complexity index is 260. The van der Waals surface area contributed by atoms with Crippen LogP contribution in [0.25, 0.3) is 0 Å². The van der Waals surface area contributed by atoms with Crippen LogP contribution in [0, 0.1) is 11.3 Å². The molecule has 0 radical (unpaired) electrons. The molecule has 4 heteroatoms. The molecule has 0 aliphatic carbocycles. The molecule has 0 unspecified atom stereocenters. The first-order valence-electron chi connectivity index (χ1n) is 2.19. The summed E-state index contributed by atoms with van der Waals surface area (Å²) < 4.78 is 4.64. The molecule has 0 aromatic carbocycles. The van der Waals surface area contributed by atoms with Crippen LogP contribution in [0.4, 0.5) is 5.69 Å². The van der Waals surface area contributed by atoms with E-state index >= 15 is 0 Å². The van der Waals surface area contributed by atoms with Crippen molar-refractivity contribution in [1.82, 2.24) is 0 Å². The van der Waals surface area contributed by atoms with Crippen molar-refractivity contribution in [2.24, 2.45) is 0 Å². The smallest absolute Gasteiger partial charge is 0.228 e. The van der Waals surface area contributed by atoms with Gasteiger partial charge in [-0.1, -0.05) is 0 Å². The van der Waals surface area contributed by atoms with Gasteiger partial charge in [-0.15, -0.1) is 0 Å². The van der Waals surface area contributed by atoms with Gasteiger partial charge < -0.3 is 10.2 Å². The average Bonchev–Trinajstić information content (AvgIpc) is 2.10. The monoisotopic (exact) mass is 142 g/mol. The van der Waals surface area contributed by atoms with Gasteiger partial charge in [-0.3, -0.25) is 0 Å². The maximum Gasteiger partial charge on any atom is 0.228 e. The summed E-state index contributed by atoms with van der Waals surface area (Å²) in [6.45, 7) is 0. The zero-order valence-corrected chi connectivity index (χ0v) is 5.14. The molecule has 3 nitrogen and oxygen atoms in total. The standard InChI is InChI=1S/C5H3ClN2O/c6-5-1-3(8)4(2-7)9-5/h1H,8H2. The second kappa shape index (κ2) is 2.00. The summed E-state index contributed by atoms with van der Waals surface area (Å²) in [5.74, 6) is 0.0694. The summed E-state index contributed by atoms with van der Waals surface area (Å²) >= 11 is 5.35. The van der Waals surface area contributed by atoms with E-state index in [1.807, 2.05) is 0 Å². The summed E-state index contributed by atoms with van der Waals surface area (Å²) in [6, 6.07) is 3.13. The lowest BCUT2D eigenvalue weighted by atomic mass is 10.4. The highest BCUT2D eigenvalue weighted by molar-refractivity contribution is 6.29. The maximum absolute atomic E-state index is 8.25. The zero-order valence-electron chi connectivity index (χ0n) is 4.39. The molecule has 1 heterocycles. The number of hydrogen-bond donors (Lipinski definition) is 1. The second-order valence-electron chi connectivity index (χ2n) is 1.45. The molecule has 0 bridgehead atoms. The third-order valence-corrected chi connectivity index (χ3v) is 1.02. The predicted molar refractivity (Wildman–Crippen MR) is 32.8 cm³/mol. The number of furan rings is 1. The zero-order chi connectivity index (χ0) is 6.85. The summed E-state index contributed by atoms with van der Waals surface area (Å²) in [6.07, 6.45) is 0. The molecular formula is C5H3ClN2O. The van der Waals surface area contributed by atoms with Crippen LogP contribution in [-0.2, 0) is 0 Å². The van der Waals surface area contributed by atoms with Gasteiger partial charge in [0.15, 0.2) is 5.22 Å². The van der Waals surface area contributed by atoms with Crippen molar-refractivity contribution in [3.63, 3.8) is 0 Å². The number of nitriles is 1. The first kappa shape index (κ1) is 5.99. The number of nitrogens with two attached hydrogens (primary N) is 1. The Balaban J connectivity index is 3.20. The van der Waals surface area contributed by atoms with Crippen LogP contribution in [0.2, 0.25) is 5.22 Å². The van der Waals surface area contributed by atoms with E-state index in [-0.39, 0.29) is 16.7 Å². The predicted octanol–water partition coefficient (Wildman–Crippen LogP) is 1.39. The lowest BCUT2D eigenvalue weighted by molar-refractivity contribution is 0.556. The van der Waals surface area contributed by atoms with Crippen LogP contribution in [0.3, 0.4) is 0 Å². The van der Waals surface area contributed by atoms with E-state index in [9.17, 15) is 0 Å². The number of halogens is 1. The fraction of sp³-hybridized carbons (Fsp3) is 0. The molecule has 0 amide bonds. The molecule has 1 aromatic heterocycles. The van der Waals surface area contributed by atoms with Crippen LogP contribution in [0.5, 0.6) is 0 Å². The van der Waals surface area contributed by atoms with Crippen LogP contribution in [0.1, 0.15) is 5.76 Å². The van der Waals surface area contributed by atoms with Gasteiger partial charge >= 0.3 is 0 Å². The molecule has 0 spiro atoms. The molecule has 1 aromatic rings. The Kier molecular flexibility index (Phi) is 1.33. The topological polar surface area (TPSA) is 63.0 Å². The Hall–Kier alpha value is -1.14. The summed E-state index contributed by atoms with van der Waals surface area (Å²) in [4.78, 5) is 0. The van der Waals surface area contributed by atoms with Crippen LogP contribution < -0.4 is 5.73 Å². The summed E-state index contributed by atoms with van der Waals surface area (Å²) in [5.41, 5.74) is 5.53. The maximum atomic E-state index is 8.25. The van der Waals surface area contributed by atoms with Crippen molar-refractivity contribution in [2.75, 3.05) is 5.73 Å². The van der Waals surface area contributed by atoms with Gasteiger partial charge in [0.2, 0.25) is 5.76 Å². The first-order chi connectivity index (χ1) is 4.24. The molecule has 0 atom stereocenters. The molecule has 0 aliphatic heterocycles. The van der Waals surface area contributed by atoms with E-state index in [0.717, 1.165) is 0 Å². The number of nitrogen functional groups attached to an aromatic ring is 1. The normalized spacial score (nSPS) is 8.89. The lowest BCUT2D eigenvalue weighted by Gasteiger charge is -1.77. The molecule has 0 saturated carbocycles. The van der Waals surface area contributed by atoms with Gasteiger partial charge in [0, 0.05) is 6.07 Å². The van der Waals surface area contributed by atoms with E-state index in [2.05, 4.69) is 4.42 Å². The Morgan fingerprint density at radius 1 is 1.78 bits per heavy atom. The van der Waals surface area contributed by atoms with Gasteiger partial charge in [-0.05, 0) is 11.6 Å². The fourth-order valence-electron chi connectivity index (χ4n) is 0.461.